The molecule has 0 bridgehead atoms. The molecule has 2 heteroatoms. The van der Waals surface area contributed by atoms with E-state index in [0.717, 1.165) is 19.4 Å². The number of hydrogen-bond acceptors (Lipinski definition) is 1. The highest BCUT2D eigenvalue weighted by Gasteiger charge is 2.18. The first kappa shape index (κ1) is 8.89. The van der Waals surface area contributed by atoms with E-state index < -0.39 is 0 Å². The highest BCUT2D eigenvalue weighted by Crippen LogP contribution is 2.36. The van der Waals surface area contributed by atoms with Gasteiger partial charge in [-0.3, -0.25) is 0 Å². The zero-order valence-corrected chi connectivity index (χ0v) is 8.56. The summed E-state index contributed by atoms with van der Waals surface area (Å²) in [4.78, 5) is 0. The fraction of sp³-hybridized carbons (Fsp3) is 0.455. The highest BCUT2D eigenvalue weighted by atomic mass is 35.5. The lowest BCUT2D eigenvalue weighted by Crippen LogP contribution is -2.15. The number of nitrogens with one attached hydrogen (secondary N) is 1. The van der Waals surface area contributed by atoms with Crippen molar-refractivity contribution in [2.75, 3.05) is 11.9 Å². The number of anilines is 1. The molecule has 1 aliphatic rings. The van der Waals surface area contributed by atoms with Crippen LogP contribution in [0.4, 0.5) is 5.69 Å². The molecule has 70 valence electrons. The molecule has 0 aliphatic carbocycles. The van der Waals surface area contributed by atoms with E-state index in [4.69, 9.17) is 11.6 Å². The van der Waals surface area contributed by atoms with Crippen LogP contribution < -0.4 is 5.32 Å². The monoisotopic (exact) mass is 195 g/mol. The number of alkyl halides is 1. The molecule has 1 aromatic rings. The summed E-state index contributed by atoms with van der Waals surface area (Å²) in [7, 11) is 0. The number of halogens is 1. The third-order valence-electron chi connectivity index (χ3n) is 2.60. The van der Waals surface area contributed by atoms with Crippen LogP contribution in [0.15, 0.2) is 18.2 Å². The van der Waals surface area contributed by atoms with Crippen LogP contribution in [0, 0.1) is 0 Å². The van der Waals surface area contributed by atoms with Gasteiger partial charge in [0.05, 0.1) is 5.38 Å². The first-order chi connectivity index (χ1) is 6.33. The molecule has 1 atom stereocenters. The van der Waals surface area contributed by atoms with E-state index >= 15 is 0 Å². The number of benzene rings is 1. The van der Waals surface area contributed by atoms with Gasteiger partial charge in [0.2, 0.25) is 0 Å². The Hall–Kier alpha value is -0.690. The second kappa shape index (κ2) is 3.59. The van der Waals surface area contributed by atoms with Crippen LogP contribution >= 0.6 is 11.6 Å². The Morgan fingerprint density at radius 1 is 1.54 bits per heavy atom. The summed E-state index contributed by atoms with van der Waals surface area (Å²) in [6.07, 6.45) is 2.10. The number of hydrogen-bond donors (Lipinski definition) is 1. The average Bonchev–Trinajstić information content (AvgIpc) is 2.18. The van der Waals surface area contributed by atoms with Crippen LogP contribution in [-0.4, -0.2) is 6.54 Å². The molecule has 1 unspecified atom stereocenters. The number of rotatable bonds is 1. The van der Waals surface area contributed by atoms with Gasteiger partial charge in [-0.25, -0.2) is 0 Å². The van der Waals surface area contributed by atoms with E-state index in [9.17, 15) is 0 Å². The van der Waals surface area contributed by atoms with Crippen LogP contribution in [-0.2, 0) is 6.42 Å². The van der Waals surface area contributed by atoms with Gasteiger partial charge in [0.1, 0.15) is 0 Å². The van der Waals surface area contributed by atoms with Crippen molar-refractivity contribution >= 4 is 17.3 Å². The van der Waals surface area contributed by atoms with Gasteiger partial charge in [0.25, 0.3) is 0 Å². The standard InChI is InChI=1S/C11H14ClN/c1-2-8-4-3-5-9-10(12)6-7-13-11(8)9/h3-5,10,13H,2,6-7H2,1H3. The largest absolute Gasteiger partial charge is 0.384 e. The molecular formula is C11H14ClN. The van der Waals surface area contributed by atoms with Crippen molar-refractivity contribution < 1.29 is 0 Å². The third kappa shape index (κ3) is 1.53. The smallest absolute Gasteiger partial charge is 0.0622 e. The van der Waals surface area contributed by atoms with E-state index in [0.29, 0.717) is 0 Å². The molecule has 0 saturated carbocycles. The Morgan fingerprint density at radius 3 is 3.15 bits per heavy atom. The zero-order chi connectivity index (χ0) is 9.26. The Balaban J connectivity index is 2.48. The quantitative estimate of drug-likeness (QED) is 0.678. The molecule has 1 aromatic carbocycles. The van der Waals surface area contributed by atoms with Crippen LogP contribution in [0.25, 0.3) is 0 Å². The lowest BCUT2D eigenvalue weighted by Gasteiger charge is -2.24. The minimum atomic E-state index is 0.197. The minimum Gasteiger partial charge on any atom is -0.384 e. The summed E-state index contributed by atoms with van der Waals surface area (Å²) in [5.41, 5.74) is 3.92. The fourth-order valence-corrected chi connectivity index (χ4v) is 2.16. The molecule has 0 spiro atoms. The minimum absolute atomic E-state index is 0.197. The number of fused-ring (bicyclic) bond motifs is 1. The maximum absolute atomic E-state index is 6.24. The molecule has 0 fully saturated rings. The van der Waals surface area contributed by atoms with E-state index in [1.54, 1.807) is 0 Å². The van der Waals surface area contributed by atoms with Gasteiger partial charge in [0, 0.05) is 12.2 Å². The Kier molecular flexibility index (Phi) is 2.45. The van der Waals surface area contributed by atoms with Gasteiger partial charge < -0.3 is 5.32 Å². The summed E-state index contributed by atoms with van der Waals surface area (Å²) < 4.78 is 0. The predicted octanol–water partition coefficient (Wildman–Crippen LogP) is 3.34. The van der Waals surface area contributed by atoms with Crippen molar-refractivity contribution in [1.29, 1.82) is 0 Å². The maximum atomic E-state index is 6.24. The van der Waals surface area contributed by atoms with Gasteiger partial charge in [-0.1, -0.05) is 25.1 Å². The number of aryl methyl sites for hydroxylation is 1. The summed E-state index contributed by atoms with van der Waals surface area (Å²) in [5.74, 6) is 0. The van der Waals surface area contributed by atoms with Crippen molar-refractivity contribution in [2.24, 2.45) is 0 Å². The average molecular weight is 196 g/mol. The van der Waals surface area contributed by atoms with Gasteiger partial charge in [-0.2, -0.15) is 0 Å². The topological polar surface area (TPSA) is 12.0 Å². The van der Waals surface area contributed by atoms with E-state index in [1.165, 1.54) is 16.8 Å². The molecule has 0 aromatic heterocycles. The molecule has 0 radical (unpaired) electrons. The third-order valence-corrected chi connectivity index (χ3v) is 3.05. The lowest BCUT2D eigenvalue weighted by molar-refractivity contribution is 0.797. The summed E-state index contributed by atoms with van der Waals surface area (Å²) in [5, 5.41) is 3.63. The fourth-order valence-electron chi connectivity index (χ4n) is 1.87. The molecular weight excluding hydrogens is 182 g/mol. The SMILES string of the molecule is CCc1cccc2c1NCCC2Cl. The lowest BCUT2D eigenvalue weighted by atomic mass is 9.98. The Bertz CT molecular complexity index is 309. The van der Waals surface area contributed by atoms with Crippen molar-refractivity contribution in [3.63, 3.8) is 0 Å². The first-order valence-electron chi connectivity index (χ1n) is 4.82. The molecule has 13 heavy (non-hydrogen) atoms. The van der Waals surface area contributed by atoms with Crippen molar-refractivity contribution in [3.8, 4) is 0 Å². The normalized spacial score (nSPS) is 20.6. The number of para-hydroxylation sites is 1. The van der Waals surface area contributed by atoms with E-state index in [2.05, 4.69) is 30.4 Å². The predicted molar refractivity (Wildman–Crippen MR) is 57.5 cm³/mol. The van der Waals surface area contributed by atoms with Crippen LogP contribution in [0.3, 0.4) is 0 Å². The molecule has 0 amide bonds. The van der Waals surface area contributed by atoms with Crippen LogP contribution in [0.1, 0.15) is 29.8 Å². The zero-order valence-electron chi connectivity index (χ0n) is 7.81. The van der Waals surface area contributed by atoms with Crippen molar-refractivity contribution in [1.82, 2.24) is 0 Å². The second-order valence-electron chi connectivity index (χ2n) is 3.42. The van der Waals surface area contributed by atoms with Gasteiger partial charge in [-0.05, 0) is 24.0 Å². The Morgan fingerprint density at radius 2 is 2.38 bits per heavy atom. The van der Waals surface area contributed by atoms with E-state index in [-0.39, 0.29) is 5.38 Å². The van der Waals surface area contributed by atoms with Gasteiger partial charge >= 0.3 is 0 Å². The maximum Gasteiger partial charge on any atom is 0.0622 e. The first-order valence-corrected chi connectivity index (χ1v) is 5.26. The highest BCUT2D eigenvalue weighted by molar-refractivity contribution is 6.21. The molecule has 1 N–H and O–H groups in total. The molecule has 2 rings (SSSR count). The summed E-state index contributed by atoms with van der Waals surface area (Å²) in [6, 6.07) is 6.39. The summed E-state index contributed by atoms with van der Waals surface area (Å²) >= 11 is 6.24. The van der Waals surface area contributed by atoms with Crippen molar-refractivity contribution in [3.05, 3.63) is 29.3 Å². The summed E-state index contributed by atoms with van der Waals surface area (Å²) in [6.45, 7) is 3.17. The van der Waals surface area contributed by atoms with Gasteiger partial charge in [-0.15, -0.1) is 11.6 Å². The molecule has 1 aliphatic heterocycles. The Labute approximate surface area is 84.1 Å². The molecule has 1 heterocycles. The van der Waals surface area contributed by atoms with E-state index in [1.807, 2.05) is 0 Å². The molecule has 0 saturated heterocycles. The van der Waals surface area contributed by atoms with Crippen LogP contribution in [0.2, 0.25) is 0 Å². The van der Waals surface area contributed by atoms with Crippen molar-refractivity contribution in [2.45, 2.75) is 25.1 Å². The van der Waals surface area contributed by atoms with Gasteiger partial charge in [0.15, 0.2) is 0 Å². The second-order valence-corrected chi connectivity index (χ2v) is 3.94. The molecule has 1 nitrogen and oxygen atoms in total. The van der Waals surface area contributed by atoms with Crippen LogP contribution in [0.5, 0.6) is 0 Å².